The molecule has 0 aliphatic carbocycles. The van der Waals surface area contributed by atoms with Gasteiger partial charge in [0.2, 0.25) is 0 Å². The van der Waals surface area contributed by atoms with Gasteiger partial charge in [-0.3, -0.25) is 14.4 Å². The van der Waals surface area contributed by atoms with Crippen molar-refractivity contribution in [3.8, 4) is 11.5 Å². The first kappa shape index (κ1) is 25.1. The van der Waals surface area contributed by atoms with Gasteiger partial charge in [0.05, 0.1) is 5.69 Å². The van der Waals surface area contributed by atoms with E-state index in [1.54, 1.807) is 66.7 Å². The first-order valence-corrected chi connectivity index (χ1v) is 12.2. The van der Waals surface area contributed by atoms with Crippen LogP contribution in [0.3, 0.4) is 0 Å². The summed E-state index contributed by atoms with van der Waals surface area (Å²) in [7, 11) is 0. The smallest absolute Gasteiger partial charge is 0.283 e. The molecule has 0 fully saturated rings. The molecule has 0 saturated heterocycles. The number of imide groups is 1. The highest BCUT2D eigenvalue weighted by molar-refractivity contribution is 6.53. The highest BCUT2D eigenvalue weighted by atomic mass is 35.5. The molecule has 1 aliphatic rings. The van der Waals surface area contributed by atoms with Gasteiger partial charge in [0.25, 0.3) is 17.7 Å². The van der Waals surface area contributed by atoms with Crippen molar-refractivity contribution in [2.75, 3.05) is 15.5 Å². The molecule has 4 aromatic carbocycles. The van der Waals surface area contributed by atoms with Crippen molar-refractivity contribution < 1.29 is 19.1 Å². The summed E-state index contributed by atoms with van der Waals surface area (Å²) in [5, 5.41) is 5.85. The fourth-order valence-corrected chi connectivity index (χ4v) is 4.14. The largest absolute Gasteiger partial charge is 0.457 e. The predicted molar refractivity (Wildman–Crippen MR) is 148 cm³/mol. The number of hydrogen-bond acceptors (Lipinski definition) is 5. The summed E-state index contributed by atoms with van der Waals surface area (Å²) in [5.41, 5.74) is 1.73. The summed E-state index contributed by atoms with van der Waals surface area (Å²) in [6.45, 7) is 0. The van der Waals surface area contributed by atoms with E-state index in [1.807, 2.05) is 30.3 Å². The molecule has 4 aromatic rings. The predicted octanol–water partition coefficient (Wildman–Crippen LogP) is 6.82. The molecule has 5 rings (SSSR count). The summed E-state index contributed by atoms with van der Waals surface area (Å²) >= 11 is 12.2. The van der Waals surface area contributed by atoms with Gasteiger partial charge in [-0.05, 0) is 78.9 Å². The Hall–Kier alpha value is -4.59. The molecule has 7 nitrogen and oxygen atoms in total. The Morgan fingerprint density at radius 2 is 1.37 bits per heavy atom. The van der Waals surface area contributed by atoms with E-state index in [-0.39, 0.29) is 16.6 Å². The van der Waals surface area contributed by atoms with Gasteiger partial charge >= 0.3 is 0 Å². The van der Waals surface area contributed by atoms with Crippen LogP contribution in [0.5, 0.6) is 11.5 Å². The van der Waals surface area contributed by atoms with Crippen LogP contribution in [-0.2, 0) is 9.59 Å². The van der Waals surface area contributed by atoms with E-state index in [4.69, 9.17) is 27.9 Å². The molecule has 0 unspecified atom stereocenters. The van der Waals surface area contributed by atoms with Crippen LogP contribution in [0.2, 0.25) is 5.02 Å². The molecule has 2 N–H and O–H groups in total. The third kappa shape index (κ3) is 5.39. The molecule has 9 heteroatoms. The second-order valence-electron chi connectivity index (χ2n) is 8.21. The molecular weight excluding hydrogens is 525 g/mol. The van der Waals surface area contributed by atoms with Crippen molar-refractivity contribution in [3.63, 3.8) is 0 Å². The molecule has 0 spiro atoms. The topological polar surface area (TPSA) is 87.7 Å². The van der Waals surface area contributed by atoms with Crippen LogP contribution in [-0.4, -0.2) is 17.7 Å². The van der Waals surface area contributed by atoms with Gasteiger partial charge in [-0.1, -0.05) is 47.5 Å². The monoisotopic (exact) mass is 543 g/mol. The number of amides is 3. The molecule has 0 aromatic heterocycles. The number of nitrogens with one attached hydrogen (secondary N) is 2. The van der Waals surface area contributed by atoms with Gasteiger partial charge in [0.15, 0.2) is 0 Å². The lowest BCUT2D eigenvalue weighted by atomic mass is 10.2. The van der Waals surface area contributed by atoms with E-state index < -0.39 is 11.8 Å². The number of halogens is 2. The Morgan fingerprint density at radius 3 is 2.05 bits per heavy atom. The average Bonchev–Trinajstić information content (AvgIpc) is 3.13. The summed E-state index contributed by atoms with van der Waals surface area (Å²) < 4.78 is 5.76. The van der Waals surface area contributed by atoms with E-state index in [2.05, 4.69) is 10.6 Å². The maximum atomic E-state index is 12.9. The molecule has 1 aliphatic heterocycles. The molecule has 0 bridgehead atoms. The lowest BCUT2D eigenvalue weighted by Gasteiger charge is -2.15. The van der Waals surface area contributed by atoms with Crippen molar-refractivity contribution in [2.24, 2.45) is 0 Å². The number of benzene rings is 4. The number of carbonyl (C=O) groups is 3. The van der Waals surface area contributed by atoms with E-state index in [0.29, 0.717) is 33.4 Å². The summed E-state index contributed by atoms with van der Waals surface area (Å²) in [6.07, 6.45) is 0. The van der Waals surface area contributed by atoms with Gasteiger partial charge in [-0.2, -0.15) is 0 Å². The maximum Gasteiger partial charge on any atom is 0.283 e. The van der Waals surface area contributed by atoms with Gasteiger partial charge in [0, 0.05) is 22.0 Å². The molecule has 38 heavy (non-hydrogen) atoms. The van der Waals surface area contributed by atoms with Crippen molar-refractivity contribution in [3.05, 3.63) is 124 Å². The normalized spacial score (nSPS) is 13.1. The number of anilines is 3. The molecule has 0 saturated carbocycles. The Kier molecular flexibility index (Phi) is 7.13. The van der Waals surface area contributed by atoms with Crippen LogP contribution >= 0.6 is 23.2 Å². The lowest BCUT2D eigenvalue weighted by molar-refractivity contribution is -0.120. The first-order chi connectivity index (χ1) is 18.4. The minimum atomic E-state index is -0.655. The number of nitrogens with zero attached hydrogens (tertiary/aromatic N) is 1. The molecule has 1 heterocycles. The van der Waals surface area contributed by atoms with Gasteiger partial charge in [-0.25, -0.2) is 4.90 Å². The van der Waals surface area contributed by atoms with Gasteiger partial charge in [0.1, 0.15) is 22.2 Å². The summed E-state index contributed by atoms with van der Waals surface area (Å²) in [4.78, 5) is 39.2. The average molecular weight is 544 g/mol. The number of rotatable bonds is 7. The zero-order valence-corrected chi connectivity index (χ0v) is 21.2. The Labute approximate surface area is 228 Å². The quantitative estimate of drug-likeness (QED) is 0.249. The second-order valence-corrected chi connectivity index (χ2v) is 9.02. The third-order valence-corrected chi connectivity index (χ3v) is 6.19. The van der Waals surface area contributed by atoms with Gasteiger partial charge in [-0.15, -0.1) is 0 Å². The van der Waals surface area contributed by atoms with Crippen molar-refractivity contribution >= 4 is 58.0 Å². The zero-order chi connectivity index (χ0) is 26.6. The number of ether oxygens (including phenoxy) is 1. The first-order valence-electron chi connectivity index (χ1n) is 11.4. The molecule has 0 atom stereocenters. The van der Waals surface area contributed by atoms with Crippen LogP contribution in [0.15, 0.2) is 114 Å². The molecular formula is C29H19Cl2N3O4. The fraction of sp³-hybridized carbons (Fsp3) is 0. The van der Waals surface area contributed by atoms with Crippen LogP contribution in [0.4, 0.5) is 17.1 Å². The Balaban J connectivity index is 1.22. The van der Waals surface area contributed by atoms with E-state index in [9.17, 15) is 14.4 Å². The van der Waals surface area contributed by atoms with Crippen LogP contribution in [0, 0.1) is 0 Å². The number of hydrogen-bond donors (Lipinski definition) is 2. The van der Waals surface area contributed by atoms with Crippen molar-refractivity contribution in [1.29, 1.82) is 0 Å². The minimum Gasteiger partial charge on any atom is -0.457 e. The van der Waals surface area contributed by atoms with Crippen molar-refractivity contribution in [1.82, 2.24) is 0 Å². The zero-order valence-electron chi connectivity index (χ0n) is 19.7. The summed E-state index contributed by atoms with van der Waals surface area (Å²) in [6, 6.07) is 29.2. The van der Waals surface area contributed by atoms with E-state index in [0.717, 1.165) is 10.6 Å². The number of carbonyl (C=O) groups excluding carboxylic acids is 3. The fourth-order valence-electron chi connectivity index (χ4n) is 3.74. The van der Waals surface area contributed by atoms with Crippen LogP contribution < -0.4 is 20.3 Å². The van der Waals surface area contributed by atoms with Crippen LogP contribution in [0.25, 0.3) is 0 Å². The number of para-hydroxylation sites is 1. The minimum absolute atomic E-state index is 0.0633. The van der Waals surface area contributed by atoms with Crippen molar-refractivity contribution in [2.45, 2.75) is 0 Å². The molecule has 188 valence electrons. The molecule has 0 radical (unpaired) electrons. The van der Waals surface area contributed by atoms with E-state index >= 15 is 0 Å². The highest BCUT2D eigenvalue weighted by Gasteiger charge is 2.39. The van der Waals surface area contributed by atoms with Gasteiger partial charge < -0.3 is 15.4 Å². The SMILES string of the molecule is O=C(Nc1ccc(Oc2ccccc2)cc1)c1ccc(NC2=C(Cl)C(=O)N(c3cccc(Cl)c3)C2=O)cc1. The summed E-state index contributed by atoms with van der Waals surface area (Å²) in [5.74, 6) is -0.214. The molecule has 3 amide bonds. The van der Waals surface area contributed by atoms with E-state index in [1.165, 1.54) is 6.07 Å². The lowest BCUT2D eigenvalue weighted by Crippen LogP contribution is -2.32. The standard InChI is InChI=1S/C29H19Cl2N3O4/c30-19-5-4-6-22(17-19)34-28(36)25(31)26(29(34)37)32-20-11-9-18(10-12-20)27(35)33-21-13-15-24(16-14-21)38-23-7-2-1-3-8-23/h1-17,32H,(H,33,35). The Morgan fingerprint density at radius 1 is 0.711 bits per heavy atom. The Bertz CT molecular complexity index is 1550. The van der Waals surface area contributed by atoms with Crippen LogP contribution in [0.1, 0.15) is 10.4 Å². The highest BCUT2D eigenvalue weighted by Crippen LogP contribution is 2.31. The maximum absolute atomic E-state index is 12.9. The second kappa shape index (κ2) is 10.8. The third-order valence-electron chi connectivity index (χ3n) is 5.60.